The fourth-order valence-corrected chi connectivity index (χ4v) is 2.98. The van der Waals surface area contributed by atoms with Crippen LogP contribution in [0.3, 0.4) is 0 Å². The Morgan fingerprint density at radius 3 is 2.39 bits per heavy atom. The van der Waals surface area contributed by atoms with Crippen molar-refractivity contribution in [3.8, 4) is 0 Å². The first kappa shape index (κ1) is 16.0. The highest BCUT2D eigenvalue weighted by Crippen LogP contribution is 2.33. The van der Waals surface area contributed by atoms with Crippen LogP contribution < -0.4 is 5.32 Å². The molecule has 1 heterocycles. The zero-order valence-corrected chi connectivity index (χ0v) is 13.4. The van der Waals surface area contributed by atoms with Crippen molar-refractivity contribution in [2.75, 3.05) is 26.2 Å². The predicted octanol–water partition coefficient (Wildman–Crippen LogP) is 3.38. The molecule has 0 spiro atoms. The van der Waals surface area contributed by atoms with E-state index in [0.717, 1.165) is 18.4 Å². The molecule has 1 saturated heterocycles. The van der Waals surface area contributed by atoms with Crippen LogP contribution >= 0.6 is 0 Å². The lowest BCUT2D eigenvalue weighted by Crippen LogP contribution is -2.44. The van der Waals surface area contributed by atoms with Gasteiger partial charge in [0.05, 0.1) is 0 Å². The molecule has 0 bridgehead atoms. The van der Waals surface area contributed by atoms with Gasteiger partial charge >= 0.3 is 0 Å². The Hall–Kier alpha value is -0.0800. The van der Waals surface area contributed by atoms with Gasteiger partial charge in [-0.25, -0.2) is 0 Å². The number of nitrogens with zero attached hydrogens (tertiary/aromatic N) is 1. The summed E-state index contributed by atoms with van der Waals surface area (Å²) in [6, 6.07) is 0.665. The summed E-state index contributed by atoms with van der Waals surface area (Å²) in [7, 11) is 0. The highest BCUT2D eigenvalue weighted by atomic mass is 15.2. The van der Waals surface area contributed by atoms with E-state index in [-0.39, 0.29) is 0 Å². The van der Waals surface area contributed by atoms with Crippen molar-refractivity contribution in [2.24, 2.45) is 17.3 Å². The second-order valence-corrected chi connectivity index (χ2v) is 7.16. The summed E-state index contributed by atoms with van der Waals surface area (Å²) >= 11 is 0. The van der Waals surface area contributed by atoms with Gasteiger partial charge in [0.1, 0.15) is 0 Å². The molecule has 108 valence electrons. The van der Waals surface area contributed by atoms with Crippen LogP contribution in [0.5, 0.6) is 0 Å². The first-order chi connectivity index (χ1) is 8.38. The zero-order chi connectivity index (χ0) is 13.8. The number of likely N-dealkylation sites (N-methyl/N-ethyl adjacent to an activating group) is 1. The van der Waals surface area contributed by atoms with Gasteiger partial charge in [-0.3, -0.25) is 0 Å². The Balaban J connectivity index is 2.46. The molecule has 0 aliphatic carbocycles. The average molecular weight is 254 g/mol. The normalized spacial score (nSPS) is 25.3. The maximum Gasteiger partial charge on any atom is 0.0220 e. The third-order valence-electron chi connectivity index (χ3n) is 4.75. The van der Waals surface area contributed by atoms with Crippen molar-refractivity contribution in [1.82, 2.24) is 10.2 Å². The first-order valence-corrected chi connectivity index (χ1v) is 7.84. The van der Waals surface area contributed by atoms with Gasteiger partial charge in [-0.05, 0) is 36.8 Å². The largest absolute Gasteiger partial charge is 0.313 e. The molecule has 1 fully saturated rings. The summed E-state index contributed by atoms with van der Waals surface area (Å²) in [6.45, 7) is 19.0. The minimum Gasteiger partial charge on any atom is -0.313 e. The third-order valence-corrected chi connectivity index (χ3v) is 4.75. The first-order valence-electron chi connectivity index (χ1n) is 7.84. The quantitative estimate of drug-likeness (QED) is 0.782. The number of rotatable bonds is 6. The Labute approximate surface area is 115 Å². The maximum atomic E-state index is 3.67. The topological polar surface area (TPSA) is 15.3 Å². The Morgan fingerprint density at radius 1 is 1.28 bits per heavy atom. The molecule has 0 aromatic carbocycles. The summed E-state index contributed by atoms with van der Waals surface area (Å²) in [5.74, 6) is 1.65. The Kier molecular flexibility index (Phi) is 6.13. The van der Waals surface area contributed by atoms with E-state index >= 15 is 0 Å². The number of likely N-dealkylation sites (tertiary alicyclic amines) is 1. The predicted molar refractivity (Wildman–Crippen MR) is 80.9 cm³/mol. The molecule has 2 nitrogen and oxygen atoms in total. The molecule has 18 heavy (non-hydrogen) atoms. The standard InChI is InChI=1S/C16H34N2/c1-7-13(3)15(17-8-2)12-18-10-9-14(11-18)16(4,5)6/h13-15,17H,7-12H2,1-6H3. The van der Waals surface area contributed by atoms with E-state index in [1.165, 1.54) is 32.5 Å². The summed E-state index contributed by atoms with van der Waals surface area (Å²) in [5, 5.41) is 3.67. The lowest BCUT2D eigenvalue weighted by molar-refractivity contribution is 0.205. The van der Waals surface area contributed by atoms with Crippen molar-refractivity contribution in [3.63, 3.8) is 0 Å². The molecule has 0 saturated carbocycles. The van der Waals surface area contributed by atoms with E-state index in [2.05, 4.69) is 51.8 Å². The fraction of sp³-hybridized carbons (Fsp3) is 1.00. The van der Waals surface area contributed by atoms with Gasteiger partial charge in [0.2, 0.25) is 0 Å². The van der Waals surface area contributed by atoms with Crippen LogP contribution in [0.4, 0.5) is 0 Å². The minimum absolute atomic E-state index is 0.471. The molecule has 1 N–H and O–H groups in total. The van der Waals surface area contributed by atoms with Gasteiger partial charge in [-0.1, -0.05) is 48.0 Å². The van der Waals surface area contributed by atoms with Crippen LogP contribution in [0.15, 0.2) is 0 Å². The van der Waals surface area contributed by atoms with Crippen LogP contribution in [0.25, 0.3) is 0 Å². The minimum atomic E-state index is 0.471. The molecular formula is C16H34N2. The number of nitrogens with one attached hydrogen (secondary N) is 1. The van der Waals surface area contributed by atoms with Crippen molar-refractivity contribution in [1.29, 1.82) is 0 Å². The molecule has 2 heteroatoms. The molecule has 0 aromatic heterocycles. The van der Waals surface area contributed by atoms with Gasteiger partial charge in [-0.2, -0.15) is 0 Å². The molecule has 3 unspecified atom stereocenters. The van der Waals surface area contributed by atoms with Crippen LogP contribution in [0.1, 0.15) is 54.4 Å². The van der Waals surface area contributed by atoms with Gasteiger partial charge < -0.3 is 10.2 Å². The molecular weight excluding hydrogens is 220 g/mol. The molecule has 1 aliphatic heterocycles. The van der Waals surface area contributed by atoms with Crippen LogP contribution in [-0.4, -0.2) is 37.1 Å². The summed E-state index contributed by atoms with van der Waals surface area (Å²) in [5.41, 5.74) is 0.471. The van der Waals surface area contributed by atoms with Crippen molar-refractivity contribution in [2.45, 2.75) is 60.4 Å². The molecule has 1 aliphatic rings. The van der Waals surface area contributed by atoms with Crippen molar-refractivity contribution in [3.05, 3.63) is 0 Å². The summed E-state index contributed by atoms with van der Waals surface area (Å²) in [4.78, 5) is 2.68. The summed E-state index contributed by atoms with van der Waals surface area (Å²) in [6.07, 6.45) is 2.65. The van der Waals surface area contributed by atoms with E-state index in [4.69, 9.17) is 0 Å². The second kappa shape index (κ2) is 6.91. The van der Waals surface area contributed by atoms with Gasteiger partial charge in [0, 0.05) is 19.1 Å². The fourth-order valence-electron chi connectivity index (χ4n) is 2.98. The van der Waals surface area contributed by atoms with Crippen molar-refractivity contribution >= 4 is 0 Å². The molecule has 3 atom stereocenters. The highest BCUT2D eigenvalue weighted by molar-refractivity contribution is 4.86. The summed E-state index contributed by atoms with van der Waals surface area (Å²) < 4.78 is 0. The molecule has 0 radical (unpaired) electrons. The molecule has 1 rings (SSSR count). The zero-order valence-electron chi connectivity index (χ0n) is 13.4. The monoisotopic (exact) mass is 254 g/mol. The highest BCUT2D eigenvalue weighted by Gasteiger charge is 2.32. The van der Waals surface area contributed by atoms with Crippen LogP contribution in [-0.2, 0) is 0 Å². The third kappa shape index (κ3) is 4.55. The molecule has 0 amide bonds. The number of hydrogen-bond acceptors (Lipinski definition) is 2. The maximum absolute atomic E-state index is 3.67. The average Bonchev–Trinajstić information content (AvgIpc) is 2.75. The van der Waals surface area contributed by atoms with Gasteiger partial charge in [0.15, 0.2) is 0 Å². The van der Waals surface area contributed by atoms with Crippen LogP contribution in [0.2, 0.25) is 0 Å². The van der Waals surface area contributed by atoms with Crippen molar-refractivity contribution < 1.29 is 0 Å². The lowest BCUT2D eigenvalue weighted by Gasteiger charge is -2.30. The SMILES string of the molecule is CCNC(CN1CCC(C(C)(C)C)C1)C(C)CC. The smallest absolute Gasteiger partial charge is 0.0220 e. The molecule has 0 aromatic rings. The second-order valence-electron chi connectivity index (χ2n) is 7.16. The van der Waals surface area contributed by atoms with Crippen LogP contribution in [0, 0.1) is 17.3 Å². The van der Waals surface area contributed by atoms with E-state index < -0.39 is 0 Å². The van der Waals surface area contributed by atoms with E-state index in [1.54, 1.807) is 0 Å². The van der Waals surface area contributed by atoms with Gasteiger partial charge in [0.25, 0.3) is 0 Å². The van der Waals surface area contributed by atoms with Gasteiger partial charge in [-0.15, -0.1) is 0 Å². The Morgan fingerprint density at radius 2 is 1.94 bits per heavy atom. The lowest BCUT2D eigenvalue weighted by atomic mass is 9.80. The van der Waals surface area contributed by atoms with E-state index in [0.29, 0.717) is 11.5 Å². The van der Waals surface area contributed by atoms with E-state index in [1.807, 2.05) is 0 Å². The van der Waals surface area contributed by atoms with E-state index in [9.17, 15) is 0 Å². The number of hydrogen-bond donors (Lipinski definition) is 1. The Bertz CT molecular complexity index is 232.